The molecule has 0 spiro atoms. The summed E-state index contributed by atoms with van der Waals surface area (Å²) >= 11 is 0. The van der Waals surface area contributed by atoms with Crippen molar-refractivity contribution in [2.24, 2.45) is 5.92 Å². The number of nitrogens with zero attached hydrogens (tertiary/aromatic N) is 1. The van der Waals surface area contributed by atoms with Crippen LogP contribution < -0.4 is 5.32 Å². The average molecular weight is 254 g/mol. The third kappa shape index (κ3) is 3.69. The van der Waals surface area contributed by atoms with E-state index in [1.807, 2.05) is 0 Å². The van der Waals surface area contributed by atoms with Gasteiger partial charge in [0.15, 0.2) is 0 Å². The maximum atomic E-state index is 6.07. The lowest BCUT2D eigenvalue weighted by Crippen LogP contribution is -2.55. The van der Waals surface area contributed by atoms with Crippen molar-refractivity contribution >= 4 is 0 Å². The number of hydrogen-bond acceptors (Lipinski definition) is 3. The van der Waals surface area contributed by atoms with Crippen LogP contribution in [0.15, 0.2) is 0 Å². The highest BCUT2D eigenvalue weighted by Crippen LogP contribution is 2.29. The molecule has 0 radical (unpaired) electrons. The fourth-order valence-corrected chi connectivity index (χ4v) is 3.57. The Morgan fingerprint density at radius 1 is 1.22 bits per heavy atom. The molecule has 0 bridgehead atoms. The zero-order valence-electron chi connectivity index (χ0n) is 12.2. The number of nitrogens with one attached hydrogen (secondary N) is 1. The van der Waals surface area contributed by atoms with E-state index < -0.39 is 0 Å². The quantitative estimate of drug-likeness (QED) is 0.814. The smallest absolute Gasteiger partial charge is 0.0857 e. The highest BCUT2D eigenvalue weighted by Gasteiger charge is 2.33. The molecular weight excluding hydrogens is 224 g/mol. The Hall–Kier alpha value is -0.120. The molecule has 1 aliphatic carbocycles. The first-order valence-corrected chi connectivity index (χ1v) is 7.92. The van der Waals surface area contributed by atoms with Gasteiger partial charge in [-0.25, -0.2) is 0 Å². The minimum atomic E-state index is 0.404. The van der Waals surface area contributed by atoms with E-state index in [0.717, 1.165) is 38.7 Å². The van der Waals surface area contributed by atoms with Crippen LogP contribution in [-0.4, -0.2) is 49.8 Å². The van der Waals surface area contributed by atoms with Crippen molar-refractivity contribution in [3.05, 3.63) is 0 Å². The van der Waals surface area contributed by atoms with E-state index in [1.165, 1.54) is 32.1 Å². The normalized spacial score (nSPS) is 29.3. The van der Waals surface area contributed by atoms with Crippen LogP contribution in [0.1, 0.15) is 46.0 Å². The van der Waals surface area contributed by atoms with E-state index in [4.69, 9.17) is 4.74 Å². The lowest BCUT2D eigenvalue weighted by atomic mass is 9.81. The molecule has 3 heteroatoms. The summed E-state index contributed by atoms with van der Waals surface area (Å²) in [5, 5.41) is 3.72. The second kappa shape index (κ2) is 7.46. The van der Waals surface area contributed by atoms with Crippen molar-refractivity contribution < 1.29 is 4.74 Å². The molecule has 0 amide bonds. The van der Waals surface area contributed by atoms with E-state index >= 15 is 0 Å². The van der Waals surface area contributed by atoms with Gasteiger partial charge in [-0.15, -0.1) is 0 Å². The van der Waals surface area contributed by atoms with Gasteiger partial charge in [0, 0.05) is 19.1 Å². The zero-order chi connectivity index (χ0) is 12.8. The lowest BCUT2D eigenvalue weighted by Gasteiger charge is -2.41. The van der Waals surface area contributed by atoms with Gasteiger partial charge >= 0.3 is 0 Å². The van der Waals surface area contributed by atoms with Crippen molar-refractivity contribution in [2.75, 3.05) is 32.8 Å². The summed E-state index contributed by atoms with van der Waals surface area (Å²) in [6, 6.07) is 0.574. The van der Waals surface area contributed by atoms with Gasteiger partial charge < -0.3 is 10.1 Å². The largest absolute Gasteiger partial charge is 0.374 e. The third-order valence-corrected chi connectivity index (χ3v) is 4.62. The Morgan fingerprint density at radius 3 is 2.67 bits per heavy atom. The molecule has 2 rings (SSSR count). The summed E-state index contributed by atoms with van der Waals surface area (Å²) < 4.78 is 6.07. The maximum absolute atomic E-state index is 6.07. The molecule has 0 aromatic rings. The van der Waals surface area contributed by atoms with Crippen LogP contribution in [0, 0.1) is 5.92 Å². The van der Waals surface area contributed by atoms with E-state index in [1.54, 1.807) is 0 Å². The summed E-state index contributed by atoms with van der Waals surface area (Å²) in [5.74, 6) is 0.834. The van der Waals surface area contributed by atoms with Gasteiger partial charge in [0.2, 0.25) is 0 Å². The molecule has 0 aromatic carbocycles. The zero-order valence-corrected chi connectivity index (χ0v) is 12.2. The summed E-state index contributed by atoms with van der Waals surface area (Å²) in [7, 11) is 0. The van der Waals surface area contributed by atoms with Gasteiger partial charge in [-0.3, -0.25) is 4.90 Å². The van der Waals surface area contributed by atoms with E-state index in [9.17, 15) is 0 Å². The van der Waals surface area contributed by atoms with Gasteiger partial charge in [0.25, 0.3) is 0 Å². The van der Waals surface area contributed by atoms with Gasteiger partial charge in [-0.05, 0) is 31.8 Å². The number of rotatable bonds is 5. The standard InChI is InChI=1S/C15H30N2O/c1-3-16-15(13-8-6-5-7-9-13)14-12-17(4-2)10-11-18-14/h13-16H,3-12H2,1-2H3. The average Bonchev–Trinajstić information content (AvgIpc) is 2.46. The number of morpholine rings is 1. The van der Waals surface area contributed by atoms with Crippen LogP contribution in [-0.2, 0) is 4.74 Å². The number of hydrogen-bond donors (Lipinski definition) is 1. The highest BCUT2D eigenvalue weighted by atomic mass is 16.5. The molecule has 1 saturated carbocycles. The highest BCUT2D eigenvalue weighted by molar-refractivity contribution is 4.89. The van der Waals surface area contributed by atoms with Crippen LogP contribution in [0.25, 0.3) is 0 Å². The Morgan fingerprint density at radius 2 is 2.00 bits per heavy atom. The second-order valence-electron chi connectivity index (χ2n) is 5.78. The first-order valence-electron chi connectivity index (χ1n) is 7.92. The predicted molar refractivity (Wildman–Crippen MR) is 75.9 cm³/mol. The van der Waals surface area contributed by atoms with Gasteiger partial charge in [0.05, 0.1) is 12.7 Å². The van der Waals surface area contributed by atoms with Crippen molar-refractivity contribution in [1.29, 1.82) is 0 Å². The molecule has 1 N–H and O–H groups in total. The molecule has 3 nitrogen and oxygen atoms in total. The molecule has 2 aliphatic rings. The molecule has 1 saturated heterocycles. The number of likely N-dealkylation sites (N-methyl/N-ethyl adjacent to an activating group) is 2. The van der Waals surface area contributed by atoms with E-state index in [0.29, 0.717) is 12.1 Å². The van der Waals surface area contributed by atoms with Crippen molar-refractivity contribution in [3.8, 4) is 0 Å². The molecule has 2 atom stereocenters. The van der Waals surface area contributed by atoms with Crippen LogP contribution in [0.2, 0.25) is 0 Å². The van der Waals surface area contributed by atoms with Crippen molar-refractivity contribution in [2.45, 2.75) is 58.1 Å². The van der Waals surface area contributed by atoms with Gasteiger partial charge in [0.1, 0.15) is 0 Å². The van der Waals surface area contributed by atoms with E-state index in [-0.39, 0.29) is 0 Å². The van der Waals surface area contributed by atoms with Gasteiger partial charge in [-0.2, -0.15) is 0 Å². The second-order valence-corrected chi connectivity index (χ2v) is 5.78. The van der Waals surface area contributed by atoms with Crippen LogP contribution in [0.4, 0.5) is 0 Å². The predicted octanol–water partition coefficient (Wildman–Crippen LogP) is 2.27. The maximum Gasteiger partial charge on any atom is 0.0857 e. The summed E-state index contributed by atoms with van der Waals surface area (Å²) in [6.45, 7) is 9.83. The van der Waals surface area contributed by atoms with Crippen LogP contribution in [0.5, 0.6) is 0 Å². The Labute approximate surface area is 112 Å². The first-order chi connectivity index (χ1) is 8.85. The molecule has 1 aliphatic heterocycles. The van der Waals surface area contributed by atoms with Crippen LogP contribution >= 0.6 is 0 Å². The minimum Gasteiger partial charge on any atom is -0.374 e. The molecular formula is C15H30N2O. The summed E-state index contributed by atoms with van der Waals surface area (Å²) in [5.41, 5.74) is 0. The minimum absolute atomic E-state index is 0.404. The lowest BCUT2D eigenvalue weighted by molar-refractivity contribution is -0.0577. The molecule has 0 aromatic heterocycles. The van der Waals surface area contributed by atoms with Crippen LogP contribution in [0.3, 0.4) is 0 Å². The molecule has 18 heavy (non-hydrogen) atoms. The van der Waals surface area contributed by atoms with Gasteiger partial charge in [-0.1, -0.05) is 33.1 Å². The van der Waals surface area contributed by atoms with E-state index in [2.05, 4.69) is 24.1 Å². The van der Waals surface area contributed by atoms with Crippen molar-refractivity contribution in [3.63, 3.8) is 0 Å². The molecule has 2 unspecified atom stereocenters. The Balaban J connectivity index is 1.94. The molecule has 106 valence electrons. The fraction of sp³-hybridized carbons (Fsp3) is 1.00. The monoisotopic (exact) mass is 254 g/mol. The molecule has 1 heterocycles. The Kier molecular flexibility index (Phi) is 5.93. The topological polar surface area (TPSA) is 24.5 Å². The summed E-state index contributed by atoms with van der Waals surface area (Å²) in [6.07, 6.45) is 7.45. The third-order valence-electron chi connectivity index (χ3n) is 4.62. The number of ether oxygens (including phenoxy) is 1. The van der Waals surface area contributed by atoms with Crippen molar-refractivity contribution in [1.82, 2.24) is 10.2 Å². The molecule has 2 fully saturated rings. The first kappa shape index (κ1) is 14.3. The summed E-state index contributed by atoms with van der Waals surface area (Å²) in [4.78, 5) is 2.53. The fourth-order valence-electron chi connectivity index (χ4n) is 3.57. The SMILES string of the molecule is CCNC(C1CCCCC1)C1CN(CC)CCO1. The Bertz CT molecular complexity index is 229.